The van der Waals surface area contributed by atoms with Crippen molar-refractivity contribution in [1.29, 1.82) is 0 Å². The highest BCUT2D eigenvalue weighted by atomic mass is 19.4. The largest absolute Gasteiger partial charge is 0.497 e. The zero-order valence-electron chi connectivity index (χ0n) is 14.4. The number of hydrogen-bond acceptors (Lipinski definition) is 3. The number of amides is 3. The summed E-state index contributed by atoms with van der Waals surface area (Å²) in [5.74, 6) is 0.329. The van der Waals surface area contributed by atoms with Gasteiger partial charge in [0.1, 0.15) is 5.75 Å². The quantitative estimate of drug-likeness (QED) is 0.672. The Morgan fingerprint density at radius 3 is 2.07 bits per heavy atom. The first-order valence-electron chi connectivity index (χ1n) is 7.94. The minimum absolute atomic E-state index is 0.147. The molecule has 3 amide bonds. The molecule has 0 heterocycles. The van der Waals surface area contributed by atoms with Gasteiger partial charge in [0.05, 0.1) is 12.7 Å². The Labute approximate surface area is 153 Å². The lowest BCUT2D eigenvalue weighted by Crippen LogP contribution is -2.36. The molecule has 9 heteroatoms. The highest BCUT2D eigenvalue weighted by Gasteiger charge is 2.29. The minimum atomic E-state index is -4.43. The van der Waals surface area contributed by atoms with Gasteiger partial charge in [-0.25, -0.2) is 4.79 Å². The van der Waals surface area contributed by atoms with Gasteiger partial charge in [-0.2, -0.15) is 13.2 Å². The average Bonchev–Trinajstić information content (AvgIpc) is 2.65. The Morgan fingerprint density at radius 1 is 0.926 bits per heavy atom. The second-order valence-electron chi connectivity index (χ2n) is 5.44. The number of carbonyl (C=O) groups is 2. The SMILES string of the molecule is COc1ccc(C(=O)NCCNC(=O)Nc2ccc(C(F)(F)F)cc2)cc1. The van der Waals surface area contributed by atoms with E-state index >= 15 is 0 Å². The summed E-state index contributed by atoms with van der Waals surface area (Å²) < 4.78 is 42.4. The molecule has 0 aliphatic heterocycles. The fraction of sp³-hybridized carbons (Fsp3) is 0.222. The van der Waals surface area contributed by atoms with Crippen molar-refractivity contribution in [2.24, 2.45) is 0 Å². The van der Waals surface area contributed by atoms with Gasteiger partial charge in [0.2, 0.25) is 0 Å². The highest BCUT2D eigenvalue weighted by Crippen LogP contribution is 2.29. The summed E-state index contributed by atoms with van der Waals surface area (Å²) in [4.78, 5) is 23.6. The second-order valence-corrected chi connectivity index (χ2v) is 5.44. The number of nitrogens with one attached hydrogen (secondary N) is 3. The van der Waals surface area contributed by atoms with Crippen molar-refractivity contribution in [3.8, 4) is 5.75 Å². The van der Waals surface area contributed by atoms with Crippen LogP contribution in [0.1, 0.15) is 15.9 Å². The van der Waals surface area contributed by atoms with Crippen LogP contribution in [0.3, 0.4) is 0 Å². The maximum absolute atomic E-state index is 12.5. The van der Waals surface area contributed by atoms with Crippen LogP contribution in [-0.2, 0) is 6.18 Å². The summed E-state index contributed by atoms with van der Waals surface area (Å²) >= 11 is 0. The normalized spacial score (nSPS) is 10.8. The van der Waals surface area contributed by atoms with Crippen molar-refractivity contribution in [1.82, 2.24) is 10.6 Å². The van der Waals surface area contributed by atoms with E-state index in [-0.39, 0.29) is 24.7 Å². The van der Waals surface area contributed by atoms with Gasteiger partial charge in [-0.3, -0.25) is 4.79 Å². The Hall–Kier alpha value is -3.23. The lowest BCUT2D eigenvalue weighted by Gasteiger charge is -2.10. The van der Waals surface area contributed by atoms with E-state index in [0.717, 1.165) is 24.3 Å². The molecule has 0 unspecified atom stereocenters. The van der Waals surface area contributed by atoms with Gasteiger partial charge in [-0.05, 0) is 48.5 Å². The molecule has 2 rings (SSSR count). The maximum Gasteiger partial charge on any atom is 0.416 e. The maximum atomic E-state index is 12.5. The molecule has 0 aliphatic rings. The number of hydrogen-bond donors (Lipinski definition) is 3. The first kappa shape index (κ1) is 20.1. The van der Waals surface area contributed by atoms with E-state index in [1.165, 1.54) is 7.11 Å². The summed E-state index contributed by atoms with van der Waals surface area (Å²) in [7, 11) is 1.52. The predicted molar refractivity (Wildman–Crippen MR) is 93.8 cm³/mol. The van der Waals surface area contributed by atoms with Gasteiger partial charge in [0, 0.05) is 24.3 Å². The second kappa shape index (κ2) is 8.93. The minimum Gasteiger partial charge on any atom is -0.497 e. The Morgan fingerprint density at radius 2 is 1.52 bits per heavy atom. The smallest absolute Gasteiger partial charge is 0.416 e. The van der Waals surface area contributed by atoms with Gasteiger partial charge in [-0.15, -0.1) is 0 Å². The summed E-state index contributed by atoms with van der Waals surface area (Å²) in [6.07, 6.45) is -4.43. The van der Waals surface area contributed by atoms with Gasteiger partial charge < -0.3 is 20.7 Å². The molecule has 2 aromatic rings. The number of methoxy groups -OCH3 is 1. The van der Waals surface area contributed by atoms with Crippen molar-refractivity contribution in [2.75, 3.05) is 25.5 Å². The zero-order chi connectivity index (χ0) is 19.9. The summed E-state index contributed by atoms with van der Waals surface area (Å²) in [6, 6.07) is 10.0. The average molecular weight is 381 g/mol. The lowest BCUT2D eigenvalue weighted by molar-refractivity contribution is -0.137. The molecule has 0 atom stereocenters. The number of anilines is 1. The first-order chi connectivity index (χ1) is 12.8. The molecule has 27 heavy (non-hydrogen) atoms. The van der Waals surface area contributed by atoms with Gasteiger partial charge in [-0.1, -0.05) is 0 Å². The van der Waals surface area contributed by atoms with Gasteiger partial charge in [0.25, 0.3) is 5.91 Å². The molecular weight excluding hydrogens is 363 g/mol. The number of benzene rings is 2. The standard InChI is InChI=1S/C18H18F3N3O3/c1-27-15-8-2-12(3-9-15)16(25)22-10-11-23-17(26)24-14-6-4-13(5-7-14)18(19,20)21/h2-9H,10-11H2,1H3,(H,22,25)(H2,23,24,26). The summed E-state index contributed by atoms with van der Waals surface area (Å²) in [6.45, 7) is 0.333. The summed E-state index contributed by atoms with van der Waals surface area (Å²) in [5, 5.41) is 7.54. The third kappa shape index (κ3) is 6.21. The van der Waals surface area contributed by atoms with Crippen LogP contribution in [0.4, 0.5) is 23.7 Å². The van der Waals surface area contributed by atoms with Crippen LogP contribution in [0.15, 0.2) is 48.5 Å². The monoisotopic (exact) mass is 381 g/mol. The number of alkyl halides is 3. The van der Waals surface area contributed by atoms with Crippen LogP contribution < -0.4 is 20.7 Å². The Balaban J connectivity index is 1.71. The lowest BCUT2D eigenvalue weighted by atomic mass is 10.2. The number of ether oxygens (including phenoxy) is 1. The van der Waals surface area contributed by atoms with Crippen LogP contribution in [0.2, 0.25) is 0 Å². The number of carbonyl (C=O) groups excluding carboxylic acids is 2. The Bertz CT molecular complexity index is 775. The van der Waals surface area contributed by atoms with E-state index in [1.54, 1.807) is 24.3 Å². The molecule has 6 nitrogen and oxygen atoms in total. The molecule has 0 radical (unpaired) electrons. The third-order valence-corrected chi connectivity index (χ3v) is 3.52. The number of rotatable bonds is 6. The van der Waals surface area contributed by atoms with E-state index < -0.39 is 17.8 Å². The topological polar surface area (TPSA) is 79.5 Å². The predicted octanol–water partition coefficient (Wildman–Crippen LogP) is 3.27. The molecule has 144 valence electrons. The van der Waals surface area contributed by atoms with E-state index in [0.29, 0.717) is 11.3 Å². The van der Waals surface area contributed by atoms with Crippen molar-refractivity contribution in [3.05, 3.63) is 59.7 Å². The molecule has 0 saturated carbocycles. The van der Waals surface area contributed by atoms with Gasteiger partial charge in [0.15, 0.2) is 0 Å². The number of halogens is 3. The van der Waals surface area contributed by atoms with Gasteiger partial charge >= 0.3 is 12.2 Å². The van der Waals surface area contributed by atoms with Crippen LogP contribution in [-0.4, -0.2) is 32.1 Å². The van der Waals surface area contributed by atoms with Crippen LogP contribution in [0, 0.1) is 0 Å². The fourth-order valence-electron chi connectivity index (χ4n) is 2.11. The molecular formula is C18H18F3N3O3. The summed E-state index contributed by atoms with van der Waals surface area (Å²) in [5.41, 5.74) is -0.123. The fourth-order valence-corrected chi connectivity index (χ4v) is 2.11. The van der Waals surface area contributed by atoms with Crippen LogP contribution in [0.5, 0.6) is 5.75 Å². The molecule has 0 bridgehead atoms. The third-order valence-electron chi connectivity index (χ3n) is 3.52. The van der Waals surface area contributed by atoms with Crippen molar-refractivity contribution in [2.45, 2.75) is 6.18 Å². The molecule has 3 N–H and O–H groups in total. The zero-order valence-corrected chi connectivity index (χ0v) is 14.4. The van der Waals surface area contributed by atoms with E-state index in [4.69, 9.17) is 4.74 Å². The first-order valence-corrected chi connectivity index (χ1v) is 7.94. The molecule has 0 fully saturated rings. The molecule has 0 aliphatic carbocycles. The molecule has 0 aromatic heterocycles. The van der Waals surface area contributed by atoms with E-state index in [1.807, 2.05) is 0 Å². The highest BCUT2D eigenvalue weighted by molar-refractivity contribution is 5.94. The van der Waals surface area contributed by atoms with Crippen molar-refractivity contribution < 1.29 is 27.5 Å². The number of urea groups is 1. The molecule has 0 spiro atoms. The Kier molecular flexibility index (Phi) is 6.64. The van der Waals surface area contributed by atoms with Crippen LogP contribution >= 0.6 is 0 Å². The van der Waals surface area contributed by atoms with Crippen molar-refractivity contribution in [3.63, 3.8) is 0 Å². The van der Waals surface area contributed by atoms with Crippen LogP contribution in [0.25, 0.3) is 0 Å². The van der Waals surface area contributed by atoms with E-state index in [2.05, 4.69) is 16.0 Å². The van der Waals surface area contributed by atoms with Crippen molar-refractivity contribution >= 4 is 17.6 Å². The van der Waals surface area contributed by atoms with E-state index in [9.17, 15) is 22.8 Å². The molecule has 0 saturated heterocycles. The molecule has 2 aromatic carbocycles.